The van der Waals surface area contributed by atoms with E-state index in [-0.39, 0.29) is 0 Å². The van der Waals surface area contributed by atoms with Crippen LogP contribution in [0.2, 0.25) is 0 Å². The van der Waals surface area contributed by atoms with Crippen molar-refractivity contribution in [3.05, 3.63) is 58.6 Å². The second-order valence-corrected chi connectivity index (χ2v) is 4.75. The average Bonchev–Trinajstić information content (AvgIpc) is 2.38. The number of para-hydroxylation sites is 2. The molecule has 0 aliphatic rings. The van der Waals surface area contributed by atoms with E-state index in [9.17, 15) is 0 Å². The molecule has 94 valence electrons. The third-order valence-electron chi connectivity index (χ3n) is 2.51. The van der Waals surface area contributed by atoms with Crippen molar-refractivity contribution in [2.45, 2.75) is 6.92 Å². The van der Waals surface area contributed by atoms with Crippen molar-refractivity contribution in [2.75, 3.05) is 13.2 Å². The van der Waals surface area contributed by atoms with Crippen molar-refractivity contribution in [1.82, 2.24) is 0 Å². The van der Waals surface area contributed by atoms with Crippen LogP contribution in [0.1, 0.15) is 5.56 Å². The molecule has 2 rings (SSSR count). The molecule has 0 aliphatic carbocycles. The molecule has 2 aromatic rings. The summed E-state index contributed by atoms with van der Waals surface area (Å²) in [6.45, 7) is 3.08. The van der Waals surface area contributed by atoms with Gasteiger partial charge >= 0.3 is 0 Å². The zero-order valence-corrected chi connectivity index (χ0v) is 11.8. The lowest BCUT2D eigenvalue weighted by Crippen LogP contribution is -2.09. The van der Waals surface area contributed by atoms with Crippen molar-refractivity contribution in [2.24, 2.45) is 0 Å². The molecule has 0 heterocycles. The van der Waals surface area contributed by atoms with Gasteiger partial charge in [0.2, 0.25) is 0 Å². The van der Waals surface area contributed by atoms with Crippen LogP contribution in [0.15, 0.2) is 53.0 Å². The Labute approximate surface area is 116 Å². The number of benzene rings is 2. The topological polar surface area (TPSA) is 18.5 Å². The molecule has 0 aliphatic heterocycles. The molecule has 3 heteroatoms. The Hall–Kier alpha value is -1.48. The number of hydrogen-bond donors (Lipinski definition) is 0. The van der Waals surface area contributed by atoms with E-state index in [4.69, 9.17) is 9.47 Å². The van der Waals surface area contributed by atoms with Gasteiger partial charge in [-0.1, -0.05) is 30.3 Å². The second-order valence-electron chi connectivity index (χ2n) is 3.90. The Morgan fingerprint density at radius 3 is 2.33 bits per heavy atom. The third-order valence-corrected chi connectivity index (χ3v) is 3.13. The van der Waals surface area contributed by atoms with E-state index in [1.165, 1.54) is 0 Å². The van der Waals surface area contributed by atoms with Crippen LogP contribution in [-0.2, 0) is 0 Å². The molecule has 18 heavy (non-hydrogen) atoms. The number of rotatable bonds is 5. The second kappa shape index (κ2) is 6.45. The number of ether oxygens (including phenoxy) is 2. The Morgan fingerprint density at radius 2 is 1.61 bits per heavy atom. The van der Waals surface area contributed by atoms with Crippen molar-refractivity contribution in [3.63, 3.8) is 0 Å². The summed E-state index contributed by atoms with van der Waals surface area (Å²) in [5, 5.41) is 0. The molecule has 0 saturated carbocycles. The van der Waals surface area contributed by atoms with Crippen LogP contribution in [-0.4, -0.2) is 13.2 Å². The van der Waals surface area contributed by atoms with Crippen LogP contribution in [0.3, 0.4) is 0 Å². The van der Waals surface area contributed by atoms with Gasteiger partial charge in [-0.05, 0) is 46.6 Å². The first-order chi connectivity index (χ1) is 8.77. The maximum atomic E-state index is 5.72. The fraction of sp³-hybridized carbons (Fsp3) is 0.200. The highest BCUT2D eigenvalue weighted by Crippen LogP contribution is 2.28. The van der Waals surface area contributed by atoms with Gasteiger partial charge in [0, 0.05) is 0 Å². The number of aryl methyl sites for hydroxylation is 1. The fourth-order valence-corrected chi connectivity index (χ4v) is 2.20. The SMILES string of the molecule is Cc1cccc(Br)c1OCCOc1ccccc1. The molecule has 0 saturated heterocycles. The highest BCUT2D eigenvalue weighted by atomic mass is 79.9. The maximum absolute atomic E-state index is 5.72. The lowest BCUT2D eigenvalue weighted by atomic mass is 10.2. The molecule has 0 radical (unpaired) electrons. The largest absolute Gasteiger partial charge is 0.490 e. The van der Waals surface area contributed by atoms with Gasteiger partial charge < -0.3 is 9.47 Å². The zero-order chi connectivity index (χ0) is 12.8. The van der Waals surface area contributed by atoms with E-state index in [0.717, 1.165) is 21.5 Å². The van der Waals surface area contributed by atoms with E-state index in [1.54, 1.807) is 0 Å². The van der Waals surface area contributed by atoms with E-state index in [0.29, 0.717) is 13.2 Å². The molecule has 0 atom stereocenters. The molecule has 2 aromatic carbocycles. The van der Waals surface area contributed by atoms with Crippen molar-refractivity contribution in [3.8, 4) is 11.5 Å². The fourth-order valence-electron chi connectivity index (χ4n) is 1.62. The summed E-state index contributed by atoms with van der Waals surface area (Å²) in [5.41, 5.74) is 1.11. The van der Waals surface area contributed by atoms with Gasteiger partial charge in [-0.25, -0.2) is 0 Å². The van der Waals surface area contributed by atoms with Crippen LogP contribution in [0, 0.1) is 6.92 Å². The molecule has 0 fully saturated rings. The molecule has 0 spiro atoms. The highest BCUT2D eigenvalue weighted by Gasteiger charge is 2.03. The van der Waals surface area contributed by atoms with Gasteiger partial charge in [0.15, 0.2) is 0 Å². The van der Waals surface area contributed by atoms with Gasteiger partial charge in [0.1, 0.15) is 24.7 Å². The van der Waals surface area contributed by atoms with Crippen LogP contribution in [0.25, 0.3) is 0 Å². The molecular weight excluding hydrogens is 292 g/mol. The predicted molar refractivity (Wildman–Crippen MR) is 76.3 cm³/mol. The monoisotopic (exact) mass is 306 g/mol. The first kappa shape index (κ1) is 13.0. The molecule has 0 aromatic heterocycles. The lowest BCUT2D eigenvalue weighted by molar-refractivity contribution is 0.215. The smallest absolute Gasteiger partial charge is 0.136 e. The van der Waals surface area contributed by atoms with Gasteiger partial charge in [-0.3, -0.25) is 0 Å². The first-order valence-corrected chi connectivity index (χ1v) is 6.62. The summed E-state index contributed by atoms with van der Waals surface area (Å²) in [5.74, 6) is 1.75. The number of hydrogen-bond acceptors (Lipinski definition) is 2. The molecular formula is C15H15BrO2. The van der Waals surface area contributed by atoms with Crippen LogP contribution in [0.4, 0.5) is 0 Å². The van der Waals surface area contributed by atoms with Gasteiger partial charge in [0.05, 0.1) is 4.47 Å². The maximum Gasteiger partial charge on any atom is 0.136 e. The summed E-state index contributed by atoms with van der Waals surface area (Å²) in [4.78, 5) is 0. The number of halogens is 1. The molecule has 0 unspecified atom stereocenters. The average molecular weight is 307 g/mol. The molecule has 0 bridgehead atoms. The Kier molecular flexibility index (Phi) is 4.65. The minimum absolute atomic E-state index is 0.526. The summed E-state index contributed by atoms with van der Waals surface area (Å²) >= 11 is 3.48. The van der Waals surface area contributed by atoms with Crippen molar-refractivity contribution >= 4 is 15.9 Å². The predicted octanol–water partition coefficient (Wildman–Crippen LogP) is 4.22. The summed E-state index contributed by atoms with van der Waals surface area (Å²) in [7, 11) is 0. The van der Waals surface area contributed by atoms with E-state index >= 15 is 0 Å². The standard InChI is InChI=1S/C15H15BrO2/c1-12-6-5-9-14(16)15(12)18-11-10-17-13-7-3-2-4-8-13/h2-9H,10-11H2,1H3. The minimum atomic E-state index is 0.526. The van der Waals surface area contributed by atoms with Crippen molar-refractivity contribution in [1.29, 1.82) is 0 Å². The van der Waals surface area contributed by atoms with Gasteiger partial charge in [-0.2, -0.15) is 0 Å². The Balaban J connectivity index is 1.82. The highest BCUT2D eigenvalue weighted by molar-refractivity contribution is 9.10. The van der Waals surface area contributed by atoms with E-state index in [1.807, 2.05) is 55.5 Å². The van der Waals surface area contributed by atoms with E-state index in [2.05, 4.69) is 15.9 Å². The quantitative estimate of drug-likeness (QED) is 0.770. The third kappa shape index (κ3) is 3.50. The van der Waals surface area contributed by atoms with Crippen LogP contribution in [0.5, 0.6) is 11.5 Å². The summed E-state index contributed by atoms with van der Waals surface area (Å²) in [6, 6.07) is 15.7. The van der Waals surface area contributed by atoms with Crippen molar-refractivity contribution < 1.29 is 9.47 Å². The Morgan fingerprint density at radius 1 is 0.889 bits per heavy atom. The van der Waals surface area contributed by atoms with Crippen LogP contribution < -0.4 is 9.47 Å². The summed E-state index contributed by atoms with van der Waals surface area (Å²) in [6.07, 6.45) is 0. The molecule has 0 amide bonds. The van der Waals surface area contributed by atoms with Gasteiger partial charge in [-0.15, -0.1) is 0 Å². The Bertz CT molecular complexity index is 477. The van der Waals surface area contributed by atoms with Gasteiger partial charge in [0.25, 0.3) is 0 Å². The lowest BCUT2D eigenvalue weighted by Gasteiger charge is -2.11. The summed E-state index contributed by atoms with van der Waals surface area (Å²) < 4.78 is 12.3. The molecule has 0 N–H and O–H groups in total. The minimum Gasteiger partial charge on any atom is -0.490 e. The first-order valence-electron chi connectivity index (χ1n) is 5.83. The molecule has 2 nitrogen and oxygen atoms in total. The normalized spacial score (nSPS) is 10.1. The van der Waals surface area contributed by atoms with E-state index < -0.39 is 0 Å². The zero-order valence-electron chi connectivity index (χ0n) is 10.2. The van der Waals surface area contributed by atoms with Crippen LogP contribution >= 0.6 is 15.9 Å².